The van der Waals surface area contributed by atoms with Crippen molar-refractivity contribution in [1.29, 1.82) is 0 Å². The second kappa shape index (κ2) is 8.06. The number of nitrogens with zero attached hydrogens (tertiary/aromatic N) is 1. The van der Waals surface area contributed by atoms with E-state index < -0.39 is 17.1 Å². The van der Waals surface area contributed by atoms with Crippen molar-refractivity contribution in [3.63, 3.8) is 0 Å². The first-order valence-corrected chi connectivity index (χ1v) is 6.79. The largest absolute Gasteiger partial charge is 0.493 e. The summed E-state index contributed by atoms with van der Waals surface area (Å²) in [4.78, 5) is 22.2. The van der Waals surface area contributed by atoms with Gasteiger partial charge in [0.05, 0.1) is 30.8 Å². The van der Waals surface area contributed by atoms with Crippen LogP contribution in [-0.4, -0.2) is 31.8 Å². The number of amides is 1. The Morgan fingerprint density at radius 3 is 2.41 bits per heavy atom. The molecule has 8 heteroatoms. The average molecular weight is 312 g/mol. The quantitative estimate of drug-likeness (QED) is 0.614. The molecule has 1 rings (SSSR count). The Hall–Kier alpha value is -2.51. The molecule has 0 saturated heterocycles. The molecule has 0 spiro atoms. The van der Waals surface area contributed by atoms with Crippen LogP contribution in [0.3, 0.4) is 0 Å². The fourth-order valence-electron chi connectivity index (χ4n) is 1.86. The minimum Gasteiger partial charge on any atom is -0.493 e. The third kappa shape index (κ3) is 4.24. The summed E-state index contributed by atoms with van der Waals surface area (Å²) >= 11 is 0. The summed E-state index contributed by atoms with van der Waals surface area (Å²) in [7, 11) is 2.81. The van der Waals surface area contributed by atoms with Crippen molar-refractivity contribution in [3.8, 4) is 11.5 Å². The maximum absolute atomic E-state index is 11.6. The average Bonchev–Trinajstić information content (AvgIpc) is 2.51. The molecule has 22 heavy (non-hydrogen) atoms. The molecule has 0 aliphatic carbocycles. The molecular formula is C14H20N2O6. The van der Waals surface area contributed by atoms with Crippen molar-refractivity contribution in [1.82, 2.24) is 5.32 Å². The molecule has 1 aromatic carbocycles. The highest BCUT2D eigenvalue weighted by atomic mass is 16.6. The van der Waals surface area contributed by atoms with E-state index in [9.17, 15) is 14.9 Å². The smallest absolute Gasteiger partial charge is 0.407 e. The van der Waals surface area contributed by atoms with E-state index in [0.717, 1.165) is 6.42 Å². The standard InChI is InChI=1S/C14H20N2O6/c1-5-6-15-14(17)22-9(2)10-7-12(20-3)13(21-4)8-11(10)16(18)19/h7-9H,5-6H2,1-4H3,(H,15,17). The number of carbonyl (C=O) groups is 1. The lowest BCUT2D eigenvalue weighted by Gasteiger charge is -2.16. The van der Waals surface area contributed by atoms with E-state index in [1.165, 1.54) is 26.4 Å². The molecule has 122 valence electrons. The van der Waals surface area contributed by atoms with Crippen molar-refractivity contribution in [3.05, 3.63) is 27.8 Å². The minimum absolute atomic E-state index is 0.201. The third-order valence-electron chi connectivity index (χ3n) is 2.97. The van der Waals surface area contributed by atoms with Gasteiger partial charge in [0.1, 0.15) is 6.10 Å². The zero-order valence-electron chi connectivity index (χ0n) is 13.0. The first-order valence-electron chi connectivity index (χ1n) is 6.79. The summed E-state index contributed by atoms with van der Waals surface area (Å²) in [6.45, 7) is 3.93. The Kier molecular flexibility index (Phi) is 6.43. The van der Waals surface area contributed by atoms with Crippen LogP contribution in [-0.2, 0) is 4.74 Å². The molecular weight excluding hydrogens is 292 g/mol. The maximum atomic E-state index is 11.6. The molecule has 1 aromatic rings. The summed E-state index contributed by atoms with van der Waals surface area (Å²) in [5, 5.41) is 13.8. The van der Waals surface area contributed by atoms with E-state index in [0.29, 0.717) is 12.3 Å². The SMILES string of the molecule is CCCNC(=O)OC(C)c1cc(OC)c(OC)cc1[N+](=O)[O-]. The molecule has 0 aliphatic rings. The summed E-state index contributed by atoms with van der Waals surface area (Å²) in [5.41, 5.74) is 0.0303. The van der Waals surface area contributed by atoms with Crippen LogP contribution in [0.5, 0.6) is 11.5 Å². The highest BCUT2D eigenvalue weighted by Gasteiger charge is 2.25. The number of hydrogen-bond donors (Lipinski definition) is 1. The number of rotatable bonds is 7. The molecule has 0 bridgehead atoms. The molecule has 1 N–H and O–H groups in total. The molecule has 0 heterocycles. The number of ether oxygens (including phenoxy) is 3. The molecule has 1 amide bonds. The molecule has 0 aromatic heterocycles. The Morgan fingerprint density at radius 1 is 1.32 bits per heavy atom. The number of alkyl carbamates (subject to hydrolysis) is 1. The normalized spacial score (nSPS) is 11.5. The lowest BCUT2D eigenvalue weighted by Crippen LogP contribution is -2.26. The molecule has 0 saturated carbocycles. The van der Waals surface area contributed by atoms with Crippen molar-refractivity contribution < 1.29 is 23.9 Å². The fourth-order valence-corrected chi connectivity index (χ4v) is 1.86. The van der Waals surface area contributed by atoms with Gasteiger partial charge in [0.25, 0.3) is 5.69 Å². The van der Waals surface area contributed by atoms with Crippen LogP contribution in [0, 0.1) is 10.1 Å². The number of hydrogen-bond acceptors (Lipinski definition) is 6. The lowest BCUT2D eigenvalue weighted by molar-refractivity contribution is -0.386. The Morgan fingerprint density at radius 2 is 1.91 bits per heavy atom. The van der Waals surface area contributed by atoms with Crippen LogP contribution in [0.1, 0.15) is 31.9 Å². The number of carbonyl (C=O) groups excluding carboxylic acids is 1. The Balaban J connectivity index is 3.10. The molecule has 1 atom stereocenters. The molecule has 0 aliphatic heterocycles. The monoisotopic (exact) mass is 312 g/mol. The van der Waals surface area contributed by atoms with E-state index in [4.69, 9.17) is 14.2 Å². The predicted octanol–water partition coefficient (Wildman–Crippen LogP) is 2.81. The highest BCUT2D eigenvalue weighted by Crippen LogP contribution is 2.38. The Bertz CT molecular complexity index is 546. The van der Waals surface area contributed by atoms with Gasteiger partial charge in [0, 0.05) is 6.54 Å². The number of nitro benzene ring substituents is 1. The van der Waals surface area contributed by atoms with Crippen LogP contribution in [0.25, 0.3) is 0 Å². The Labute approximate surface area is 128 Å². The van der Waals surface area contributed by atoms with Gasteiger partial charge >= 0.3 is 6.09 Å². The van der Waals surface area contributed by atoms with Gasteiger partial charge in [0.15, 0.2) is 11.5 Å². The predicted molar refractivity (Wildman–Crippen MR) is 79.4 cm³/mol. The minimum atomic E-state index is -0.808. The highest BCUT2D eigenvalue weighted by molar-refractivity contribution is 5.68. The number of benzene rings is 1. The zero-order chi connectivity index (χ0) is 16.7. The van der Waals surface area contributed by atoms with E-state index in [2.05, 4.69) is 5.32 Å². The van der Waals surface area contributed by atoms with Gasteiger partial charge in [-0.05, 0) is 19.4 Å². The third-order valence-corrected chi connectivity index (χ3v) is 2.97. The van der Waals surface area contributed by atoms with E-state index in [-0.39, 0.29) is 17.0 Å². The first kappa shape index (κ1) is 17.5. The van der Waals surface area contributed by atoms with Gasteiger partial charge in [-0.15, -0.1) is 0 Å². The van der Waals surface area contributed by atoms with Crippen LogP contribution >= 0.6 is 0 Å². The van der Waals surface area contributed by atoms with Crippen LogP contribution in [0.4, 0.5) is 10.5 Å². The summed E-state index contributed by atoms with van der Waals surface area (Å²) in [5.74, 6) is 0.563. The van der Waals surface area contributed by atoms with Gasteiger partial charge in [-0.1, -0.05) is 6.92 Å². The van der Waals surface area contributed by atoms with E-state index >= 15 is 0 Å². The van der Waals surface area contributed by atoms with E-state index in [1.807, 2.05) is 6.92 Å². The number of methoxy groups -OCH3 is 2. The van der Waals surface area contributed by atoms with Crippen LogP contribution in [0.15, 0.2) is 12.1 Å². The van der Waals surface area contributed by atoms with Crippen LogP contribution in [0.2, 0.25) is 0 Å². The van der Waals surface area contributed by atoms with E-state index in [1.54, 1.807) is 6.92 Å². The second-order valence-electron chi connectivity index (χ2n) is 4.50. The summed E-state index contributed by atoms with van der Waals surface area (Å²) in [6, 6.07) is 2.69. The van der Waals surface area contributed by atoms with Crippen molar-refractivity contribution in [2.75, 3.05) is 20.8 Å². The molecule has 1 unspecified atom stereocenters. The fraction of sp³-hybridized carbons (Fsp3) is 0.500. The number of nitro groups is 1. The summed E-state index contributed by atoms with van der Waals surface area (Å²) in [6.07, 6.45) is -0.671. The molecule has 8 nitrogen and oxygen atoms in total. The van der Waals surface area contributed by atoms with Gasteiger partial charge in [-0.3, -0.25) is 10.1 Å². The van der Waals surface area contributed by atoms with Gasteiger partial charge in [0.2, 0.25) is 0 Å². The maximum Gasteiger partial charge on any atom is 0.407 e. The molecule has 0 fully saturated rings. The number of nitrogens with one attached hydrogen (secondary N) is 1. The van der Waals surface area contributed by atoms with Crippen molar-refractivity contribution in [2.45, 2.75) is 26.4 Å². The second-order valence-corrected chi connectivity index (χ2v) is 4.50. The van der Waals surface area contributed by atoms with Crippen molar-refractivity contribution in [2.24, 2.45) is 0 Å². The molecule has 0 radical (unpaired) electrons. The summed E-state index contributed by atoms with van der Waals surface area (Å²) < 4.78 is 15.3. The lowest BCUT2D eigenvalue weighted by atomic mass is 10.1. The van der Waals surface area contributed by atoms with Crippen LogP contribution < -0.4 is 14.8 Å². The topological polar surface area (TPSA) is 99.9 Å². The van der Waals surface area contributed by atoms with Crippen molar-refractivity contribution >= 4 is 11.8 Å². The zero-order valence-corrected chi connectivity index (χ0v) is 13.0. The van der Waals surface area contributed by atoms with Gasteiger partial charge in [-0.25, -0.2) is 4.79 Å². The van der Waals surface area contributed by atoms with Gasteiger partial charge in [-0.2, -0.15) is 0 Å². The first-order chi connectivity index (χ1) is 10.4. The van der Waals surface area contributed by atoms with Gasteiger partial charge < -0.3 is 19.5 Å².